The van der Waals surface area contributed by atoms with Gasteiger partial charge in [-0.3, -0.25) is 24.0 Å². The molecule has 4 fully saturated rings. The van der Waals surface area contributed by atoms with Crippen molar-refractivity contribution in [1.82, 2.24) is 31.5 Å². The van der Waals surface area contributed by atoms with Crippen LogP contribution in [-0.4, -0.2) is 152 Å². The predicted molar refractivity (Wildman–Crippen MR) is 240 cm³/mol. The summed E-state index contributed by atoms with van der Waals surface area (Å²) in [5, 5.41) is 13.4. The van der Waals surface area contributed by atoms with Crippen LogP contribution < -0.4 is 26.6 Å². The molecule has 1 aliphatic carbocycles. The zero-order valence-electron chi connectivity index (χ0n) is 39.7. The number of carbonyl (C=O) groups excluding carboxylic acids is 7. The normalized spacial score (nSPS) is 27.7. The maximum Gasteiger partial charge on any atom is 0.407 e. The van der Waals surface area contributed by atoms with Crippen molar-refractivity contribution in [2.75, 3.05) is 45.4 Å². The summed E-state index contributed by atoms with van der Waals surface area (Å²) in [5.74, 6) is -2.98. The van der Waals surface area contributed by atoms with Crippen molar-refractivity contribution >= 4 is 53.4 Å². The smallest absolute Gasteiger partial charge is 0.407 e. The monoisotopic (exact) mass is 923 g/mol. The minimum absolute atomic E-state index is 0.00547. The molecule has 0 aromatic rings. The number of esters is 1. The number of hydrogen-bond acceptors (Lipinski definition) is 13. The molecule has 19 heteroatoms. The molecule has 3 aliphatic heterocycles. The molecule has 0 radical (unpaired) electrons. The molecule has 4 aliphatic rings. The molecule has 6 amide bonds. The average Bonchev–Trinajstić information content (AvgIpc) is 4.08. The van der Waals surface area contributed by atoms with Crippen LogP contribution >= 0.6 is 11.8 Å². The molecule has 1 saturated carbocycles. The Kier molecular flexibility index (Phi) is 19.3. The average molecular weight is 923 g/mol. The summed E-state index contributed by atoms with van der Waals surface area (Å²) in [7, 11) is 1.61. The zero-order valence-corrected chi connectivity index (χ0v) is 40.5. The first-order chi connectivity index (χ1) is 30.2. The molecule has 18 nitrogen and oxygen atoms in total. The quantitative estimate of drug-likeness (QED) is 0.0564. The molecule has 11 atom stereocenters. The minimum Gasteiger partial charge on any atom is -0.462 e. The third kappa shape index (κ3) is 14.3. The predicted octanol–water partition coefficient (Wildman–Crippen LogP) is 2.76. The summed E-state index contributed by atoms with van der Waals surface area (Å²) >= 11 is 1.46. The van der Waals surface area contributed by atoms with Crippen molar-refractivity contribution in [3.05, 3.63) is 11.6 Å². The van der Waals surface area contributed by atoms with E-state index in [2.05, 4.69) is 53.4 Å². The molecule has 5 N–H and O–H groups in total. The Bertz CT molecular complexity index is 1700. The van der Waals surface area contributed by atoms with Gasteiger partial charge in [-0.25, -0.2) is 9.59 Å². The van der Waals surface area contributed by atoms with Gasteiger partial charge in [0.1, 0.15) is 54.2 Å². The van der Waals surface area contributed by atoms with E-state index in [0.717, 1.165) is 6.42 Å². The number of alkyl carbamates (subject to hydrolysis) is 1. The van der Waals surface area contributed by atoms with Gasteiger partial charge in [-0.05, 0) is 96.5 Å². The van der Waals surface area contributed by atoms with Crippen LogP contribution in [0.5, 0.6) is 0 Å². The Labute approximate surface area is 382 Å². The van der Waals surface area contributed by atoms with Gasteiger partial charge in [0.2, 0.25) is 29.5 Å². The third-order valence-electron chi connectivity index (χ3n) is 12.7. The van der Waals surface area contributed by atoms with E-state index in [1.54, 1.807) is 7.11 Å². The van der Waals surface area contributed by atoms with Crippen LogP contribution in [0.3, 0.4) is 0 Å². The van der Waals surface area contributed by atoms with Gasteiger partial charge in [0.25, 0.3) is 0 Å². The Morgan fingerprint density at radius 2 is 1.64 bits per heavy atom. The molecule has 4 rings (SSSR count). The van der Waals surface area contributed by atoms with Crippen molar-refractivity contribution < 1.29 is 57.2 Å². The highest BCUT2D eigenvalue weighted by Gasteiger charge is 2.72. The number of likely N-dealkylation sites (tertiary alicyclic amines) is 1. The zero-order chi connectivity index (χ0) is 47.5. The second-order valence-corrected chi connectivity index (χ2v) is 19.8. The number of nitrogens with zero attached hydrogens (tertiary/aromatic N) is 1. The fraction of sp³-hybridized carbons (Fsp3) is 0.800. The first-order valence-electron chi connectivity index (χ1n) is 22.7. The number of hydrogen-bond donors (Lipinski definition) is 5. The molecule has 1 spiro atoms. The molecule has 3 saturated heterocycles. The fourth-order valence-electron chi connectivity index (χ4n) is 8.89. The van der Waals surface area contributed by atoms with Crippen molar-refractivity contribution in [2.45, 2.75) is 167 Å². The number of allylic oxidation sites excluding steroid dienone is 1. The molecule has 3 heterocycles. The number of ether oxygens (including phenoxy) is 5. The van der Waals surface area contributed by atoms with Crippen LogP contribution in [-0.2, 0) is 52.5 Å². The number of nitrogens with one attached hydrogen (secondary N) is 5. The minimum atomic E-state index is -1.11. The lowest BCUT2D eigenvalue weighted by Gasteiger charge is -2.42. The summed E-state index contributed by atoms with van der Waals surface area (Å²) in [6.45, 7) is 17.0. The van der Waals surface area contributed by atoms with Crippen LogP contribution in [0.2, 0.25) is 0 Å². The summed E-state index contributed by atoms with van der Waals surface area (Å²) in [6.07, 6.45) is 6.04. The van der Waals surface area contributed by atoms with E-state index < -0.39 is 90.3 Å². The molecular weight excluding hydrogens is 849 g/mol. The molecule has 64 heavy (non-hydrogen) atoms. The number of epoxide rings is 2. The van der Waals surface area contributed by atoms with E-state index in [9.17, 15) is 33.6 Å². The van der Waals surface area contributed by atoms with E-state index in [4.69, 9.17) is 23.7 Å². The molecule has 0 aromatic carbocycles. The summed E-state index contributed by atoms with van der Waals surface area (Å²) < 4.78 is 29.9. The van der Waals surface area contributed by atoms with Gasteiger partial charge in [0.05, 0.1) is 31.2 Å². The number of carbonyl (C=O) groups is 7. The highest BCUT2D eigenvalue weighted by atomic mass is 32.2. The lowest BCUT2D eigenvalue weighted by molar-refractivity contribution is -0.148. The van der Waals surface area contributed by atoms with Gasteiger partial charge < -0.3 is 55.2 Å². The van der Waals surface area contributed by atoms with Crippen LogP contribution in [0.4, 0.5) is 4.79 Å². The van der Waals surface area contributed by atoms with Gasteiger partial charge in [-0.2, -0.15) is 11.8 Å². The third-order valence-corrected chi connectivity index (χ3v) is 13.4. The molecule has 362 valence electrons. The summed E-state index contributed by atoms with van der Waals surface area (Å²) in [4.78, 5) is 92.9. The standard InChI is InChI=1S/C45H74N6O12S/c1-25(2)14-15-35-44(9,63-35)38-37(59-10)34(16-18-45(38)24-61-45)62-43(58)50-32(27(5)6)23-60-42(57)28(7)47-40(55)30(17-20-64-11)48-36(53)22-46-39(54)31(21-26(3)4)49-41(56)33-13-12-19-51(33)29(8)52/h14,26-28,30-35,37-38H,12-13,15-24H2,1-11H3,(H,46,54)(H,47,55)(H,48,53)(H,49,56)(H,50,58)/t28-,30-,31-,32-,33-,34+,35+,37+,38+,44-,45-/m0/s1. The lowest BCUT2D eigenvalue weighted by Crippen LogP contribution is -2.56. The Hall–Kier alpha value is -3.94. The molecular formula is C45H74N6O12S. The second kappa shape index (κ2) is 23.5. The SMILES string of the molecule is CO[C@@H]1[C@H](OC(=O)N[C@@H](COC(=O)[C@H](C)NC(=O)[C@H](CCSC)NC(=O)CNC(=O)[C@H](CC(C)C)NC(=O)[C@@H]2CCCN2C(C)=O)C(C)C)CC[C@]2(CO2)[C@H]1[C@@]1(C)O[C@@H]1CC=C(C)C. The van der Waals surface area contributed by atoms with Crippen LogP contribution in [0.1, 0.15) is 107 Å². The molecule has 0 aromatic heterocycles. The van der Waals surface area contributed by atoms with Gasteiger partial charge >= 0.3 is 12.1 Å². The molecule has 0 unspecified atom stereocenters. The van der Waals surface area contributed by atoms with Crippen LogP contribution in [0, 0.1) is 17.8 Å². The van der Waals surface area contributed by atoms with E-state index in [-0.39, 0.29) is 48.4 Å². The number of methoxy groups -OCH3 is 1. The van der Waals surface area contributed by atoms with Gasteiger partial charge in [0.15, 0.2) is 0 Å². The van der Waals surface area contributed by atoms with Crippen molar-refractivity contribution in [3.63, 3.8) is 0 Å². The fourth-order valence-corrected chi connectivity index (χ4v) is 9.36. The van der Waals surface area contributed by atoms with E-state index >= 15 is 0 Å². The number of rotatable bonds is 23. The Balaban J connectivity index is 1.27. The summed E-state index contributed by atoms with van der Waals surface area (Å²) in [6, 6.07) is -4.36. The lowest BCUT2D eigenvalue weighted by atomic mass is 9.68. The van der Waals surface area contributed by atoms with Crippen molar-refractivity contribution in [1.29, 1.82) is 0 Å². The van der Waals surface area contributed by atoms with E-state index in [1.165, 1.54) is 36.1 Å². The van der Waals surface area contributed by atoms with E-state index in [1.807, 2.05) is 34.0 Å². The first kappa shape index (κ1) is 52.7. The Morgan fingerprint density at radius 1 is 0.938 bits per heavy atom. The summed E-state index contributed by atoms with van der Waals surface area (Å²) in [5.41, 5.74) is 0.347. The van der Waals surface area contributed by atoms with E-state index in [0.29, 0.717) is 51.0 Å². The maximum absolute atomic E-state index is 13.4. The molecule has 0 bridgehead atoms. The number of amides is 6. The van der Waals surface area contributed by atoms with Crippen LogP contribution in [0.25, 0.3) is 0 Å². The highest BCUT2D eigenvalue weighted by molar-refractivity contribution is 7.98. The maximum atomic E-state index is 13.4. The first-order valence-corrected chi connectivity index (χ1v) is 24.1. The Morgan fingerprint density at radius 3 is 2.23 bits per heavy atom. The van der Waals surface area contributed by atoms with Gasteiger partial charge in [-0.1, -0.05) is 39.3 Å². The van der Waals surface area contributed by atoms with Crippen LogP contribution in [0.15, 0.2) is 11.6 Å². The van der Waals surface area contributed by atoms with Gasteiger partial charge in [-0.15, -0.1) is 0 Å². The van der Waals surface area contributed by atoms with Gasteiger partial charge in [0, 0.05) is 20.6 Å². The highest BCUT2D eigenvalue weighted by Crippen LogP contribution is 2.59. The number of thioether (sulfide) groups is 1. The topological polar surface area (TPSA) is 236 Å². The van der Waals surface area contributed by atoms with Crippen molar-refractivity contribution in [3.8, 4) is 0 Å². The largest absolute Gasteiger partial charge is 0.462 e. The van der Waals surface area contributed by atoms with Crippen molar-refractivity contribution in [2.24, 2.45) is 17.8 Å². The second-order valence-electron chi connectivity index (χ2n) is 18.9.